The molecule has 1 aliphatic heterocycles. The van der Waals surface area contributed by atoms with Crippen molar-refractivity contribution in [1.29, 1.82) is 0 Å². The number of rotatable bonds is 8. The van der Waals surface area contributed by atoms with Gasteiger partial charge in [0.2, 0.25) is 0 Å². The maximum Gasteiger partial charge on any atom is 0.309 e. The minimum atomic E-state index is -0.462. The first kappa shape index (κ1) is 26.2. The lowest BCUT2D eigenvalue weighted by molar-refractivity contribution is -0.152. The summed E-state index contributed by atoms with van der Waals surface area (Å²) in [6.45, 7) is 5.55. The van der Waals surface area contributed by atoms with Crippen LogP contribution in [0.25, 0.3) is 0 Å². The highest BCUT2D eigenvalue weighted by Gasteiger charge is 2.29. The second kappa shape index (κ2) is 12.4. The summed E-state index contributed by atoms with van der Waals surface area (Å²) in [6, 6.07) is 13.3. The van der Waals surface area contributed by atoms with Crippen LogP contribution in [0, 0.1) is 5.92 Å². The van der Waals surface area contributed by atoms with Crippen LogP contribution in [0.15, 0.2) is 48.5 Å². The molecule has 0 aromatic heterocycles. The summed E-state index contributed by atoms with van der Waals surface area (Å²) < 4.78 is 5.20. The third-order valence-corrected chi connectivity index (χ3v) is 6.27. The van der Waals surface area contributed by atoms with Gasteiger partial charge in [-0.05, 0) is 75.2 Å². The third-order valence-electron chi connectivity index (χ3n) is 6.02. The Morgan fingerprint density at radius 2 is 1.51 bits per heavy atom. The van der Waals surface area contributed by atoms with Crippen molar-refractivity contribution in [1.82, 2.24) is 9.80 Å². The molecule has 2 aromatic rings. The van der Waals surface area contributed by atoms with Gasteiger partial charge in [-0.1, -0.05) is 11.6 Å². The van der Waals surface area contributed by atoms with Crippen molar-refractivity contribution in [2.75, 3.05) is 38.1 Å². The molecule has 0 aliphatic carbocycles. The van der Waals surface area contributed by atoms with Crippen LogP contribution in [0.2, 0.25) is 5.02 Å². The normalized spacial score (nSPS) is 13.7. The van der Waals surface area contributed by atoms with Gasteiger partial charge in [0, 0.05) is 48.0 Å². The van der Waals surface area contributed by atoms with Gasteiger partial charge in [-0.25, -0.2) is 0 Å². The fraction of sp³-hybridized carbons (Fsp3) is 0.385. The Balaban J connectivity index is 1.42. The number of amides is 3. The van der Waals surface area contributed by atoms with E-state index in [0.29, 0.717) is 60.9 Å². The monoisotopic (exact) mass is 499 g/mol. The smallest absolute Gasteiger partial charge is 0.309 e. The quantitative estimate of drug-likeness (QED) is 0.556. The zero-order chi connectivity index (χ0) is 25.4. The van der Waals surface area contributed by atoms with Crippen LogP contribution in [0.1, 0.15) is 47.4 Å². The average Bonchev–Trinajstić information content (AvgIpc) is 2.88. The Morgan fingerprint density at radius 3 is 2.09 bits per heavy atom. The number of carbonyl (C=O) groups is 4. The predicted molar refractivity (Wildman–Crippen MR) is 133 cm³/mol. The topological polar surface area (TPSA) is 96.0 Å². The van der Waals surface area contributed by atoms with E-state index in [4.69, 9.17) is 16.3 Å². The molecule has 0 saturated carbocycles. The van der Waals surface area contributed by atoms with E-state index in [2.05, 4.69) is 5.32 Å². The summed E-state index contributed by atoms with van der Waals surface area (Å²) in [7, 11) is 0. The van der Waals surface area contributed by atoms with Gasteiger partial charge < -0.3 is 19.9 Å². The van der Waals surface area contributed by atoms with Gasteiger partial charge in [0.05, 0.1) is 5.92 Å². The number of esters is 1. The Bertz CT molecular complexity index is 1040. The lowest BCUT2D eigenvalue weighted by Crippen LogP contribution is -2.41. The molecule has 186 valence electrons. The highest BCUT2D eigenvalue weighted by atomic mass is 35.5. The molecule has 1 aliphatic rings. The number of nitrogens with one attached hydrogen (secondary N) is 1. The highest BCUT2D eigenvalue weighted by Crippen LogP contribution is 2.21. The van der Waals surface area contributed by atoms with E-state index in [-0.39, 0.29) is 17.7 Å². The molecule has 1 saturated heterocycles. The zero-order valence-corrected chi connectivity index (χ0v) is 20.7. The number of hydrogen-bond donors (Lipinski definition) is 1. The van der Waals surface area contributed by atoms with E-state index in [1.807, 2.05) is 13.8 Å². The number of anilines is 1. The Morgan fingerprint density at radius 1 is 0.943 bits per heavy atom. The number of carbonyl (C=O) groups excluding carboxylic acids is 4. The second-order valence-electron chi connectivity index (χ2n) is 8.28. The van der Waals surface area contributed by atoms with Crippen molar-refractivity contribution in [2.24, 2.45) is 5.92 Å². The highest BCUT2D eigenvalue weighted by molar-refractivity contribution is 6.30. The van der Waals surface area contributed by atoms with Crippen LogP contribution in [0.4, 0.5) is 5.69 Å². The number of ether oxygens (including phenoxy) is 1. The number of likely N-dealkylation sites (tertiary alicyclic amines) is 1. The Kier molecular flexibility index (Phi) is 9.25. The molecule has 0 unspecified atom stereocenters. The van der Waals surface area contributed by atoms with Crippen LogP contribution in [-0.2, 0) is 14.3 Å². The standard InChI is InChI=1S/C26H30ClN3O5/c1-3-29(4-2)24(32)19-7-11-22(12-8-19)28-23(31)17-35-26(34)20-13-15-30(16-14-20)25(33)18-5-9-21(27)10-6-18/h5-12,20H,3-4,13-17H2,1-2H3,(H,28,31). The average molecular weight is 500 g/mol. The molecule has 1 heterocycles. The van der Waals surface area contributed by atoms with E-state index >= 15 is 0 Å². The molecule has 1 N–H and O–H groups in total. The maximum absolute atomic E-state index is 12.6. The first-order valence-electron chi connectivity index (χ1n) is 11.7. The fourth-order valence-electron chi connectivity index (χ4n) is 3.93. The van der Waals surface area contributed by atoms with E-state index < -0.39 is 18.5 Å². The molecule has 0 spiro atoms. The van der Waals surface area contributed by atoms with Gasteiger partial charge in [-0.2, -0.15) is 0 Å². The van der Waals surface area contributed by atoms with Gasteiger partial charge >= 0.3 is 5.97 Å². The van der Waals surface area contributed by atoms with Gasteiger partial charge in [0.1, 0.15) is 0 Å². The number of piperidine rings is 1. The third kappa shape index (κ3) is 7.05. The van der Waals surface area contributed by atoms with Crippen molar-refractivity contribution in [3.8, 4) is 0 Å². The fourth-order valence-corrected chi connectivity index (χ4v) is 4.06. The lowest BCUT2D eigenvalue weighted by atomic mass is 9.96. The van der Waals surface area contributed by atoms with Gasteiger partial charge in [0.15, 0.2) is 6.61 Å². The van der Waals surface area contributed by atoms with Crippen molar-refractivity contribution in [3.63, 3.8) is 0 Å². The Labute approximate surface area is 210 Å². The number of hydrogen-bond acceptors (Lipinski definition) is 5. The van der Waals surface area contributed by atoms with E-state index in [1.54, 1.807) is 58.3 Å². The molecule has 0 atom stereocenters. The Hall–Kier alpha value is -3.39. The molecule has 9 heteroatoms. The van der Waals surface area contributed by atoms with Gasteiger partial charge in [-0.15, -0.1) is 0 Å². The van der Waals surface area contributed by atoms with Crippen LogP contribution in [0.5, 0.6) is 0 Å². The van der Waals surface area contributed by atoms with Gasteiger partial charge in [-0.3, -0.25) is 19.2 Å². The maximum atomic E-state index is 12.6. The van der Waals surface area contributed by atoms with Gasteiger partial charge in [0.25, 0.3) is 17.7 Å². The molecule has 3 amide bonds. The summed E-state index contributed by atoms with van der Waals surface area (Å²) in [5, 5.41) is 3.23. The van der Waals surface area contributed by atoms with Crippen molar-refractivity contribution < 1.29 is 23.9 Å². The second-order valence-corrected chi connectivity index (χ2v) is 8.72. The van der Waals surface area contributed by atoms with Crippen LogP contribution in [0.3, 0.4) is 0 Å². The van der Waals surface area contributed by atoms with Crippen molar-refractivity contribution in [2.45, 2.75) is 26.7 Å². The zero-order valence-electron chi connectivity index (χ0n) is 20.0. The largest absolute Gasteiger partial charge is 0.455 e. The van der Waals surface area contributed by atoms with E-state index in [0.717, 1.165) is 0 Å². The van der Waals surface area contributed by atoms with Crippen LogP contribution in [-0.4, -0.2) is 66.3 Å². The summed E-state index contributed by atoms with van der Waals surface area (Å²) in [5.41, 5.74) is 1.60. The minimum absolute atomic E-state index is 0.0669. The lowest BCUT2D eigenvalue weighted by Gasteiger charge is -2.31. The SMILES string of the molecule is CCN(CC)C(=O)c1ccc(NC(=O)COC(=O)C2CCN(C(=O)c3ccc(Cl)cc3)CC2)cc1. The predicted octanol–water partition coefficient (Wildman–Crippen LogP) is 3.86. The summed E-state index contributed by atoms with van der Waals surface area (Å²) in [4.78, 5) is 53.0. The first-order valence-corrected chi connectivity index (χ1v) is 12.1. The van der Waals surface area contributed by atoms with Crippen LogP contribution >= 0.6 is 11.6 Å². The molecule has 0 radical (unpaired) electrons. The molecule has 8 nitrogen and oxygen atoms in total. The summed E-state index contributed by atoms with van der Waals surface area (Å²) in [6.07, 6.45) is 0.948. The van der Waals surface area contributed by atoms with Crippen LogP contribution < -0.4 is 5.32 Å². The van der Waals surface area contributed by atoms with E-state index in [9.17, 15) is 19.2 Å². The number of benzene rings is 2. The molecule has 0 bridgehead atoms. The minimum Gasteiger partial charge on any atom is -0.455 e. The summed E-state index contributed by atoms with van der Waals surface area (Å²) in [5.74, 6) is -1.43. The molecule has 1 fully saturated rings. The molecule has 3 rings (SSSR count). The van der Waals surface area contributed by atoms with Crippen molar-refractivity contribution in [3.05, 3.63) is 64.7 Å². The van der Waals surface area contributed by atoms with E-state index in [1.165, 1.54) is 0 Å². The number of nitrogens with zero attached hydrogens (tertiary/aromatic N) is 2. The number of halogens is 1. The first-order chi connectivity index (χ1) is 16.8. The van der Waals surface area contributed by atoms with Crippen molar-refractivity contribution >= 4 is 41.0 Å². The summed E-state index contributed by atoms with van der Waals surface area (Å²) >= 11 is 5.87. The molecular formula is C26H30ClN3O5. The molecule has 35 heavy (non-hydrogen) atoms. The molecular weight excluding hydrogens is 470 g/mol. The molecule has 2 aromatic carbocycles.